The summed E-state index contributed by atoms with van der Waals surface area (Å²) in [5.74, 6) is 1.29. The Kier molecular flexibility index (Phi) is 4.26. The van der Waals surface area contributed by atoms with Gasteiger partial charge in [0.25, 0.3) is 0 Å². The summed E-state index contributed by atoms with van der Waals surface area (Å²) in [6.07, 6.45) is 5.39. The maximum atomic E-state index is 11.2. The molecule has 0 aromatic heterocycles. The minimum absolute atomic E-state index is 0.265. The first-order valence-corrected chi connectivity index (χ1v) is 7.66. The SMILES string of the molecule is CCS(=O)(=O)CCCC1(CCl)CCC1. The van der Waals surface area contributed by atoms with Crippen molar-refractivity contribution in [3.63, 3.8) is 0 Å². The van der Waals surface area contributed by atoms with Crippen molar-refractivity contribution < 1.29 is 8.42 Å². The van der Waals surface area contributed by atoms with Gasteiger partial charge in [-0.15, -0.1) is 11.6 Å². The van der Waals surface area contributed by atoms with Crippen molar-refractivity contribution in [2.75, 3.05) is 17.4 Å². The molecule has 0 heterocycles. The van der Waals surface area contributed by atoms with Gasteiger partial charge in [0.1, 0.15) is 9.84 Å². The van der Waals surface area contributed by atoms with Crippen molar-refractivity contribution in [2.45, 2.75) is 39.0 Å². The van der Waals surface area contributed by atoms with E-state index < -0.39 is 9.84 Å². The first-order valence-electron chi connectivity index (χ1n) is 5.30. The number of sulfone groups is 1. The smallest absolute Gasteiger partial charge is 0.150 e. The van der Waals surface area contributed by atoms with Crippen molar-refractivity contribution in [3.05, 3.63) is 0 Å². The topological polar surface area (TPSA) is 34.1 Å². The van der Waals surface area contributed by atoms with Gasteiger partial charge in [-0.25, -0.2) is 8.42 Å². The van der Waals surface area contributed by atoms with Crippen LogP contribution in [0.15, 0.2) is 0 Å². The molecule has 0 amide bonds. The fraction of sp³-hybridized carbons (Fsp3) is 1.00. The second-order valence-corrected chi connectivity index (χ2v) is 7.07. The largest absolute Gasteiger partial charge is 0.229 e. The van der Waals surface area contributed by atoms with Crippen LogP contribution in [0.2, 0.25) is 0 Å². The maximum Gasteiger partial charge on any atom is 0.150 e. The lowest BCUT2D eigenvalue weighted by atomic mass is 9.68. The summed E-state index contributed by atoms with van der Waals surface area (Å²) in [6.45, 7) is 1.70. The van der Waals surface area contributed by atoms with E-state index in [9.17, 15) is 8.42 Å². The number of halogens is 1. The number of rotatable bonds is 6. The lowest BCUT2D eigenvalue weighted by Gasteiger charge is -2.40. The molecule has 0 saturated heterocycles. The molecule has 0 spiro atoms. The highest BCUT2D eigenvalue weighted by Gasteiger charge is 2.35. The Morgan fingerprint density at radius 1 is 1.36 bits per heavy atom. The van der Waals surface area contributed by atoms with Crippen LogP contribution in [0.3, 0.4) is 0 Å². The molecular weight excluding hydrogens is 220 g/mol. The van der Waals surface area contributed by atoms with Crippen LogP contribution in [-0.2, 0) is 9.84 Å². The molecule has 84 valence electrons. The van der Waals surface area contributed by atoms with Gasteiger partial charge < -0.3 is 0 Å². The van der Waals surface area contributed by atoms with Crippen molar-refractivity contribution in [2.24, 2.45) is 5.41 Å². The van der Waals surface area contributed by atoms with Crippen LogP contribution in [0.1, 0.15) is 39.0 Å². The molecular formula is C10H19ClO2S. The van der Waals surface area contributed by atoms with Crippen LogP contribution < -0.4 is 0 Å². The van der Waals surface area contributed by atoms with E-state index in [2.05, 4.69) is 0 Å². The Labute approximate surface area is 91.9 Å². The lowest BCUT2D eigenvalue weighted by Crippen LogP contribution is -2.31. The van der Waals surface area contributed by atoms with Crippen LogP contribution in [0.4, 0.5) is 0 Å². The zero-order chi connectivity index (χ0) is 10.7. The summed E-state index contributed by atoms with van der Waals surface area (Å²) >= 11 is 5.89. The van der Waals surface area contributed by atoms with Gasteiger partial charge in [0.2, 0.25) is 0 Å². The Balaban J connectivity index is 2.27. The monoisotopic (exact) mass is 238 g/mol. The van der Waals surface area contributed by atoms with Crippen molar-refractivity contribution in [3.8, 4) is 0 Å². The lowest BCUT2D eigenvalue weighted by molar-refractivity contribution is 0.150. The van der Waals surface area contributed by atoms with Crippen LogP contribution >= 0.6 is 11.6 Å². The number of hydrogen-bond acceptors (Lipinski definition) is 2. The normalized spacial score (nSPS) is 20.4. The molecule has 1 fully saturated rings. The second-order valence-electron chi connectivity index (χ2n) is 4.33. The van der Waals surface area contributed by atoms with E-state index >= 15 is 0 Å². The predicted molar refractivity (Wildman–Crippen MR) is 60.6 cm³/mol. The molecule has 4 heteroatoms. The van der Waals surface area contributed by atoms with Crippen LogP contribution in [0.5, 0.6) is 0 Å². The van der Waals surface area contributed by atoms with E-state index in [0.717, 1.165) is 12.8 Å². The first-order chi connectivity index (χ1) is 6.54. The van der Waals surface area contributed by atoms with E-state index in [1.165, 1.54) is 19.3 Å². The summed E-state index contributed by atoms with van der Waals surface area (Å²) in [4.78, 5) is 0. The zero-order valence-electron chi connectivity index (χ0n) is 8.76. The minimum Gasteiger partial charge on any atom is -0.229 e. The third-order valence-corrected chi connectivity index (χ3v) is 5.66. The predicted octanol–water partition coefficient (Wildman–Crippen LogP) is 2.61. The molecule has 0 aromatic carbocycles. The van der Waals surface area contributed by atoms with Gasteiger partial charge in [-0.05, 0) is 31.1 Å². The van der Waals surface area contributed by atoms with E-state index in [0.29, 0.717) is 11.6 Å². The van der Waals surface area contributed by atoms with E-state index in [1.54, 1.807) is 6.92 Å². The molecule has 0 atom stereocenters. The van der Waals surface area contributed by atoms with Crippen molar-refractivity contribution >= 4 is 21.4 Å². The summed E-state index contributed by atoms with van der Waals surface area (Å²) in [5, 5.41) is 0. The summed E-state index contributed by atoms with van der Waals surface area (Å²) in [5.41, 5.74) is 0.283. The first kappa shape index (κ1) is 12.3. The second kappa shape index (κ2) is 4.84. The summed E-state index contributed by atoms with van der Waals surface area (Å²) < 4.78 is 22.5. The standard InChI is InChI=1S/C10H19ClO2S/c1-2-14(12,13)8-4-7-10(9-11)5-3-6-10/h2-9H2,1H3. The molecule has 0 bridgehead atoms. The third kappa shape index (κ3) is 3.13. The third-order valence-electron chi connectivity index (χ3n) is 3.30. The Morgan fingerprint density at radius 3 is 2.36 bits per heavy atom. The average Bonchev–Trinajstić information content (AvgIpc) is 2.10. The molecule has 1 aliphatic rings. The highest BCUT2D eigenvalue weighted by atomic mass is 35.5. The summed E-state index contributed by atoms with van der Waals surface area (Å²) in [6, 6.07) is 0. The van der Waals surface area contributed by atoms with Gasteiger partial charge in [0, 0.05) is 11.6 Å². The summed E-state index contributed by atoms with van der Waals surface area (Å²) in [7, 11) is -2.78. The van der Waals surface area contributed by atoms with Crippen LogP contribution in [0, 0.1) is 5.41 Å². The molecule has 1 saturated carbocycles. The molecule has 1 rings (SSSR count). The molecule has 0 aliphatic heterocycles. The molecule has 14 heavy (non-hydrogen) atoms. The molecule has 2 nitrogen and oxygen atoms in total. The zero-order valence-corrected chi connectivity index (χ0v) is 10.3. The molecule has 0 N–H and O–H groups in total. The highest BCUT2D eigenvalue weighted by Crippen LogP contribution is 2.45. The van der Waals surface area contributed by atoms with Crippen molar-refractivity contribution in [1.29, 1.82) is 0 Å². The quantitative estimate of drug-likeness (QED) is 0.667. The van der Waals surface area contributed by atoms with Gasteiger partial charge in [0.05, 0.1) is 5.75 Å². The van der Waals surface area contributed by atoms with E-state index in [1.807, 2.05) is 0 Å². The van der Waals surface area contributed by atoms with E-state index in [-0.39, 0.29) is 11.2 Å². The van der Waals surface area contributed by atoms with Gasteiger partial charge in [-0.3, -0.25) is 0 Å². The van der Waals surface area contributed by atoms with Gasteiger partial charge in [-0.1, -0.05) is 13.3 Å². The van der Waals surface area contributed by atoms with E-state index in [4.69, 9.17) is 11.6 Å². The van der Waals surface area contributed by atoms with Gasteiger partial charge >= 0.3 is 0 Å². The molecule has 0 radical (unpaired) electrons. The Hall–Kier alpha value is 0.240. The number of hydrogen-bond donors (Lipinski definition) is 0. The van der Waals surface area contributed by atoms with Gasteiger partial charge in [-0.2, -0.15) is 0 Å². The van der Waals surface area contributed by atoms with Crippen LogP contribution in [0.25, 0.3) is 0 Å². The van der Waals surface area contributed by atoms with Crippen molar-refractivity contribution in [1.82, 2.24) is 0 Å². The van der Waals surface area contributed by atoms with Gasteiger partial charge in [0.15, 0.2) is 0 Å². The highest BCUT2D eigenvalue weighted by molar-refractivity contribution is 7.91. The molecule has 0 aromatic rings. The van der Waals surface area contributed by atoms with Crippen LogP contribution in [-0.4, -0.2) is 25.8 Å². The molecule has 0 unspecified atom stereocenters. The average molecular weight is 239 g/mol. The fourth-order valence-electron chi connectivity index (χ4n) is 1.94. The Bertz CT molecular complexity index is 262. The number of alkyl halides is 1. The Morgan fingerprint density at radius 2 is 2.00 bits per heavy atom. The molecule has 1 aliphatic carbocycles. The maximum absolute atomic E-state index is 11.2. The fourth-order valence-corrected chi connectivity index (χ4v) is 3.21. The minimum atomic E-state index is -2.78.